The summed E-state index contributed by atoms with van der Waals surface area (Å²) in [6, 6.07) is 10.1. The molecule has 0 atom stereocenters. The van der Waals surface area contributed by atoms with Crippen molar-refractivity contribution in [2.24, 2.45) is 0 Å². The van der Waals surface area contributed by atoms with Crippen LogP contribution in [0.2, 0.25) is 10.0 Å². The predicted octanol–water partition coefficient (Wildman–Crippen LogP) is 5.38. The highest BCUT2D eigenvalue weighted by Crippen LogP contribution is 2.26. The zero-order chi connectivity index (χ0) is 24.3. The minimum atomic E-state index is -4.40. The molecular weight excluding hydrogens is 507 g/mol. The van der Waals surface area contributed by atoms with E-state index in [1.54, 1.807) is 0 Å². The third kappa shape index (κ3) is 5.64. The van der Waals surface area contributed by atoms with E-state index >= 15 is 0 Å². The molecule has 0 saturated carbocycles. The third-order valence-corrected chi connectivity index (χ3v) is 6.89. The minimum Gasteiger partial charge on any atom is -0.322 e. The molecule has 0 fully saturated rings. The molecule has 0 radical (unpaired) electrons. The van der Waals surface area contributed by atoms with Crippen LogP contribution in [-0.4, -0.2) is 25.2 Å². The topological polar surface area (TPSA) is 66.5 Å². The van der Waals surface area contributed by atoms with E-state index in [9.17, 15) is 30.8 Å². The molecule has 5 nitrogen and oxygen atoms in total. The van der Waals surface area contributed by atoms with Gasteiger partial charge in [0.1, 0.15) is 5.82 Å². The molecule has 0 heterocycles. The number of benzene rings is 3. The average Bonchev–Trinajstić information content (AvgIpc) is 2.76. The highest BCUT2D eigenvalue weighted by Gasteiger charge is 2.29. The standard InChI is InChI=1S/C21H14Cl2F4N2O3S/c22-12-4-6-13(7-5-12)33(31,32)29(10-14-15(23)2-1-3-16(14)24)11-19(30)28-18-9-8-17(25)20(26)21(18)27/h1-9H,10-11H2,(H,28,30). The first-order valence-corrected chi connectivity index (χ1v) is 11.3. The Morgan fingerprint density at radius 2 is 1.55 bits per heavy atom. The van der Waals surface area contributed by atoms with Gasteiger partial charge in [-0.2, -0.15) is 4.31 Å². The van der Waals surface area contributed by atoms with E-state index in [2.05, 4.69) is 0 Å². The van der Waals surface area contributed by atoms with Crippen molar-refractivity contribution in [3.63, 3.8) is 0 Å². The molecule has 0 aromatic heterocycles. The normalized spacial score (nSPS) is 11.6. The first kappa shape index (κ1) is 25.0. The maximum Gasteiger partial charge on any atom is 0.243 e. The molecule has 3 rings (SSSR count). The fraction of sp³-hybridized carbons (Fsp3) is 0.0952. The van der Waals surface area contributed by atoms with Crippen LogP contribution in [0.5, 0.6) is 0 Å². The number of anilines is 1. The van der Waals surface area contributed by atoms with Gasteiger partial charge in [0, 0.05) is 22.2 Å². The Kier molecular flexibility index (Phi) is 7.63. The van der Waals surface area contributed by atoms with Crippen LogP contribution < -0.4 is 5.32 Å². The maximum absolute atomic E-state index is 14.3. The number of hydrogen-bond acceptors (Lipinski definition) is 3. The van der Waals surface area contributed by atoms with Gasteiger partial charge >= 0.3 is 0 Å². The second-order valence-corrected chi connectivity index (χ2v) is 9.48. The molecule has 0 saturated heterocycles. The number of nitrogens with one attached hydrogen (secondary N) is 1. The van der Waals surface area contributed by atoms with Crippen molar-refractivity contribution in [1.82, 2.24) is 4.31 Å². The van der Waals surface area contributed by atoms with Crippen molar-refractivity contribution in [3.05, 3.63) is 93.5 Å². The van der Waals surface area contributed by atoms with Gasteiger partial charge in [-0.1, -0.05) is 29.3 Å². The lowest BCUT2D eigenvalue weighted by atomic mass is 10.2. The Morgan fingerprint density at radius 1 is 0.879 bits per heavy atom. The van der Waals surface area contributed by atoms with E-state index in [1.165, 1.54) is 36.4 Å². The number of halogens is 6. The molecule has 0 unspecified atom stereocenters. The van der Waals surface area contributed by atoms with E-state index in [0.29, 0.717) is 10.4 Å². The summed E-state index contributed by atoms with van der Waals surface area (Å²) in [6.45, 7) is -1.57. The number of nitrogens with zero attached hydrogens (tertiary/aromatic N) is 1. The molecule has 0 aliphatic rings. The minimum absolute atomic E-state index is 0.0848. The number of hydrogen-bond donors (Lipinski definition) is 1. The van der Waals surface area contributed by atoms with E-state index < -0.39 is 58.0 Å². The van der Waals surface area contributed by atoms with Crippen LogP contribution in [0.25, 0.3) is 0 Å². The van der Waals surface area contributed by atoms with Crippen molar-refractivity contribution in [1.29, 1.82) is 0 Å². The summed E-state index contributed by atoms with van der Waals surface area (Å²) < 4.78 is 81.8. The van der Waals surface area contributed by atoms with Gasteiger partial charge < -0.3 is 5.32 Å². The molecule has 1 amide bonds. The maximum atomic E-state index is 14.3. The van der Waals surface area contributed by atoms with Gasteiger partial charge in [-0.3, -0.25) is 4.79 Å². The number of carbonyl (C=O) groups excluding carboxylic acids is 1. The summed E-state index contributed by atoms with van der Waals surface area (Å²) in [7, 11) is -4.40. The summed E-state index contributed by atoms with van der Waals surface area (Å²) >= 11 is 11.8. The molecule has 1 N–H and O–H groups in total. The van der Waals surface area contributed by atoms with Crippen LogP contribution in [0.4, 0.5) is 23.2 Å². The monoisotopic (exact) mass is 520 g/mol. The van der Waals surface area contributed by atoms with Crippen molar-refractivity contribution in [2.45, 2.75) is 11.4 Å². The number of sulfonamides is 1. The van der Waals surface area contributed by atoms with Crippen LogP contribution in [0.3, 0.4) is 0 Å². The van der Waals surface area contributed by atoms with Gasteiger partial charge in [-0.05, 0) is 48.5 Å². The fourth-order valence-corrected chi connectivity index (χ4v) is 4.53. The summed E-state index contributed by atoms with van der Waals surface area (Å²) in [5.74, 6) is -6.84. The molecule has 174 valence electrons. The zero-order valence-corrected chi connectivity index (χ0v) is 18.8. The summed E-state index contributed by atoms with van der Waals surface area (Å²) in [6.07, 6.45) is 0. The Labute approximate surface area is 196 Å². The summed E-state index contributed by atoms with van der Waals surface area (Å²) in [5.41, 5.74) is -0.907. The first-order valence-electron chi connectivity index (χ1n) is 9.12. The van der Waals surface area contributed by atoms with Crippen LogP contribution in [-0.2, 0) is 21.4 Å². The van der Waals surface area contributed by atoms with Crippen LogP contribution in [0.1, 0.15) is 5.56 Å². The largest absolute Gasteiger partial charge is 0.322 e. The summed E-state index contributed by atoms with van der Waals surface area (Å²) in [4.78, 5) is 12.3. The average molecular weight is 521 g/mol. The molecule has 0 spiro atoms. The van der Waals surface area contributed by atoms with Gasteiger partial charge in [0.2, 0.25) is 15.9 Å². The molecule has 0 bridgehead atoms. The lowest BCUT2D eigenvalue weighted by Gasteiger charge is -2.23. The van der Waals surface area contributed by atoms with Gasteiger partial charge in [0.25, 0.3) is 0 Å². The second-order valence-electron chi connectivity index (χ2n) is 6.70. The van der Waals surface area contributed by atoms with Crippen molar-refractivity contribution in [3.8, 4) is 0 Å². The van der Waals surface area contributed by atoms with E-state index in [4.69, 9.17) is 23.2 Å². The second kappa shape index (κ2) is 10.1. The molecule has 0 aliphatic carbocycles. The van der Waals surface area contributed by atoms with Crippen LogP contribution in [0.15, 0.2) is 59.5 Å². The van der Waals surface area contributed by atoms with Crippen molar-refractivity contribution < 1.29 is 30.8 Å². The van der Waals surface area contributed by atoms with Crippen molar-refractivity contribution >= 4 is 44.8 Å². The van der Waals surface area contributed by atoms with Gasteiger partial charge in [-0.15, -0.1) is 0 Å². The number of rotatable bonds is 7. The molecule has 3 aromatic rings. The molecule has 0 aliphatic heterocycles. The molecule has 12 heteroatoms. The number of amides is 1. The summed E-state index contributed by atoms with van der Waals surface area (Å²) in [5, 5.41) is 2.15. The highest BCUT2D eigenvalue weighted by atomic mass is 35.5. The Bertz CT molecular complexity index is 1290. The SMILES string of the molecule is O=C(CN(Cc1c(F)cccc1Cl)S(=O)(=O)c1ccc(Cl)cc1)Nc1ccc(F)c(F)c1F. The molecule has 3 aromatic carbocycles. The molecular formula is C21H14Cl2F4N2O3S. The Morgan fingerprint density at radius 3 is 2.18 bits per heavy atom. The third-order valence-electron chi connectivity index (χ3n) is 4.48. The smallest absolute Gasteiger partial charge is 0.243 e. The lowest BCUT2D eigenvalue weighted by molar-refractivity contribution is -0.116. The van der Waals surface area contributed by atoms with Gasteiger partial charge in [0.15, 0.2) is 17.5 Å². The predicted molar refractivity (Wildman–Crippen MR) is 115 cm³/mol. The molecule has 33 heavy (non-hydrogen) atoms. The van der Waals surface area contributed by atoms with E-state index in [0.717, 1.165) is 12.1 Å². The van der Waals surface area contributed by atoms with Gasteiger partial charge in [-0.25, -0.2) is 26.0 Å². The zero-order valence-electron chi connectivity index (χ0n) is 16.5. The van der Waals surface area contributed by atoms with E-state index in [1.807, 2.05) is 5.32 Å². The fourth-order valence-electron chi connectivity index (χ4n) is 2.81. The van der Waals surface area contributed by atoms with Crippen LogP contribution >= 0.6 is 23.2 Å². The Hall–Kier alpha value is -2.66. The van der Waals surface area contributed by atoms with E-state index in [-0.39, 0.29) is 20.5 Å². The highest BCUT2D eigenvalue weighted by molar-refractivity contribution is 7.89. The number of carbonyl (C=O) groups is 1. The lowest BCUT2D eigenvalue weighted by Crippen LogP contribution is -2.38. The quantitative estimate of drug-likeness (QED) is 0.336. The first-order chi connectivity index (χ1) is 15.5. The van der Waals surface area contributed by atoms with Gasteiger partial charge in [0.05, 0.1) is 17.1 Å². The van der Waals surface area contributed by atoms with Crippen LogP contribution in [0, 0.1) is 23.3 Å². The van der Waals surface area contributed by atoms with Crippen molar-refractivity contribution in [2.75, 3.05) is 11.9 Å². The Balaban J connectivity index is 1.95.